The fraction of sp³-hybridized carbons (Fsp3) is 0.769. The number of anilines is 3. The fourth-order valence-electron chi connectivity index (χ4n) is 1.98. The summed E-state index contributed by atoms with van der Waals surface area (Å²) >= 11 is 0. The summed E-state index contributed by atoms with van der Waals surface area (Å²) < 4.78 is 0. The number of nitrogen functional groups attached to an aromatic ring is 1. The Morgan fingerprint density at radius 1 is 1.00 bits per heavy atom. The maximum Gasteiger partial charge on any atom is 0.232 e. The third-order valence-corrected chi connectivity index (χ3v) is 3.02. The largest absolute Gasteiger partial charge is 0.368 e. The first-order chi connectivity index (χ1) is 9.03. The fourth-order valence-corrected chi connectivity index (χ4v) is 1.98. The van der Waals surface area contributed by atoms with Gasteiger partial charge in [0.1, 0.15) is 0 Å². The van der Waals surface area contributed by atoms with Gasteiger partial charge in [0.25, 0.3) is 0 Å². The molecule has 6 nitrogen and oxygen atoms in total. The van der Waals surface area contributed by atoms with Crippen LogP contribution >= 0.6 is 0 Å². The Bertz CT molecular complexity index is 389. The molecule has 1 rings (SSSR count). The van der Waals surface area contributed by atoms with Crippen LogP contribution < -0.4 is 15.5 Å². The van der Waals surface area contributed by atoms with E-state index >= 15 is 0 Å². The quantitative estimate of drug-likeness (QED) is 0.813. The lowest BCUT2D eigenvalue weighted by Gasteiger charge is -2.27. The average molecular weight is 266 g/mol. The Morgan fingerprint density at radius 2 is 1.58 bits per heavy atom. The van der Waals surface area contributed by atoms with Crippen LogP contribution in [0.25, 0.3) is 0 Å². The Morgan fingerprint density at radius 3 is 2.05 bits per heavy atom. The topological polar surface area (TPSA) is 71.2 Å². The van der Waals surface area contributed by atoms with Gasteiger partial charge in [0.05, 0.1) is 0 Å². The van der Waals surface area contributed by atoms with Crippen LogP contribution in [-0.2, 0) is 0 Å². The number of nitrogens with zero attached hydrogens (tertiary/aromatic N) is 5. The van der Waals surface area contributed by atoms with E-state index in [9.17, 15) is 0 Å². The molecule has 1 aromatic rings. The molecule has 2 N–H and O–H groups in total. The lowest BCUT2D eigenvalue weighted by atomic mass is 10.3. The van der Waals surface area contributed by atoms with Crippen LogP contribution in [0.1, 0.15) is 41.0 Å². The highest BCUT2D eigenvalue weighted by Crippen LogP contribution is 2.17. The minimum atomic E-state index is 0.286. The third kappa shape index (κ3) is 3.94. The molecular weight excluding hydrogens is 240 g/mol. The highest BCUT2D eigenvalue weighted by atomic mass is 15.4. The molecule has 0 unspecified atom stereocenters. The highest BCUT2D eigenvalue weighted by molar-refractivity contribution is 5.43. The SMILES string of the molecule is CCCN(c1nc(N)nc(N(CC)CC)n1)C(C)C. The van der Waals surface area contributed by atoms with Crippen molar-refractivity contribution < 1.29 is 0 Å². The summed E-state index contributed by atoms with van der Waals surface area (Å²) in [5, 5.41) is 0. The second-order valence-corrected chi connectivity index (χ2v) is 4.75. The maximum atomic E-state index is 5.83. The van der Waals surface area contributed by atoms with Crippen LogP contribution in [0, 0.1) is 0 Å². The molecule has 0 spiro atoms. The van der Waals surface area contributed by atoms with Gasteiger partial charge in [-0.3, -0.25) is 0 Å². The predicted octanol–water partition coefficient (Wildman–Crippen LogP) is 1.92. The Labute approximate surface area is 116 Å². The molecule has 0 saturated heterocycles. The van der Waals surface area contributed by atoms with Crippen LogP contribution in [0.15, 0.2) is 0 Å². The van der Waals surface area contributed by atoms with Crippen molar-refractivity contribution in [1.82, 2.24) is 15.0 Å². The normalized spacial score (nSPS) is 10.8. The van der Waals surface area contributed by atoms with E-state index in [0.717, 1.165) is 26.1 Å². The molecule has 0 amide bonds. The minimum absolute atomic E-state index is 0.286. The molecule has 0 fully saturated rings. The van der Waals surface area contributed by atoms with Gasteiger partial charge in [-0.2, -0.15) is 15.0 Å². The zero-order valence-corrected chi connectivity index (χ0v) is 12.7. The summed E-state index contributed by atoms with van der Waals surface area (Å²) in [5.41, 5.74) is 5.83. The lowest BCUT2D eigenvalue weighted by molar-refractivity contribution is 0.648. The smallest absolute Gasteiger partial charge is 0.232 e. The maximum absolute atomic E-state index is 5.83. The summed E-state index contributed by atoms with van der Waals surface area (Å²) in [4.78, 5) is 17.3. The molecule has 0 aromatic carbocycles. The van der Waals surface area contributed by atoms with Crippen molar-refractivity contribution in [3.8, 4) is 0 Å². The van der Waals surface area contributed by atoms with Gasteiger partial charge in [-0.25, -0.2) is 0 Å². The lowest BCUT2D eigenvalue weighted by Crippen LogP contribution is -2.34. The van der Waals surface area contributed by atoms with Crippen LogP contribution in [0.3, 0.4) is 0 Å². The molecule has 1 heterocycles. The van der Waals surface area contributed by atoms with Crippen LogP contribution in [0.4, 0.5) is 17.8 Å². The molecule has 0 aliphatic carbocycles. The Hall–Kier alpha value is -1.59. The van der Waals surface area contributed by atoms with Gasteiger partial charge < -0.3 is 15.5 Å². The molecule has 0 bridgehead atoms. The van der Waals surface area contributed by atoms with E-state index < -0.39 is 0 Å². The van der Waals surface area contributed by atoms with Gasteiger partial charge in [0, 0.05) is 25.7 Å². The molecular formula is C13H26N6. The second kappa shape index (κ2) is 7.11. The molecule has 0 saturated carbocycles. The molecule has 0 aliphatic rings. The molecule has 108 valence electrons. The molecule has 0 radical (unpaired) electrons. The Kier molecular flexibility index (Phi) is 5.79. The van der Waals surface area contributed by atoms with Gasteiger partial charge in [0.15, 0.2) is 0 Å². The highest BCUT2D eigenvalue weighted by Gasteiger charge is 2.16. The molecule has 0 aliphatic heterocycles. The third-order valence-electron chi connectivity index (χ3n) is 3.02. The number of rotatable bonds is 7. The van der Waals surface area contributed by atoms with E-state index in [0.29, 0.717) is 17.9 Å². The summed E-state index contributed by atoms with van der Waals surface area (Å²) in [6, 6.07) is 0.339. The first kappa shape index (κ1) is 15.5. The van der Waals surface area contributed by atoms with E-state index in [-0.39, 0.29) is 5.95 Å². The van der Waals surface area contributed by atoms with Crippen molar-refractivity contribution in [3.05, 3.63) is 0 Å². The van der Waals surface area contributed by atoms with Crippen molar-refractivity contribution in [2.24, 2.45) is 0 Å². The monoisotopic (exact) mass is 266 g/mol. The predicted molar refractivity (Wildman–Crippen MR) is 80.6 cm³/mol. The summed E-state index contributed by atoms with van der Waals surface area (Å²) in [5.74, 6) is 1.62. The van der Waals surface area contributed by atoms with Gasteiger partial charge in [0.2, 0.25) is 17.8 Å². The van der Waals surface area contributed by atoms with Crippen LogP contribution in [0.5, 0.6) is 0 Å². The van der Waals surface area contributed by atoms with E-state index in [2.05, 4.69) is 59.4 Å². The Balaban J connectivity index is 3.13. The first-order valence-electron chi connectivity index (χ1n) is 7.06. The van der Waals surface area contributed by atoms with Gasteiger partial charge >= 0.3 is 0 Å². The summed E-state index contributed by atoms with van der Waals surface area (Å²) in [7, 11) is 0. The molecule has 6 heteroatoms. The van der Waals surface area contributed by atoms with E-state index in [4.69, 9.17) is 5.73 Å². The number of hydrogen-bond donors (Lipinski definition) is 1. The number of aromatic nitrogens is 3. The zero-order valence-electron chi connectivity index (χ0n) is 12.7. The van der Waals surface area contributed by atoms with Crippen molar-refractivity contribution in [2.75, 3.05) is 35.2 Å². The zero-order chi connectivity index (χ0) is 14.4. The first-order valence-corrected chi connectivity index (χ1v) is 7.06. The van der Waals surface area contributed by atoms with E-state index in [1.807, 2.05) is 0 Å². The van der Waals surface area contributed by atoms with Crippen molar-refractivity contribution in [2.45, 2.75) is 47.1 Å². The minimum Gasteiger partial charge on any atom is -0.368 e. The van der Waals surface area contributed by atoms with E-state index in [1.165, 1.54) is 0 Å². The van der Waals surface area contributed by atoms with Crippen LogP contribution in [0.2, 0.25) is 0 Å². The summed E-state index contributed by atoms with van der Waals surface area (Å²) in [6.07, 6.45) is 1.05. The molecule has 19 heavy (non-hydrogen) atoms. The van der Waals surface area contributed by atoms with Crippen LogP contribution in [-0.4, -0.2) is 40.6 Å². The van der Waals surface area contributed by atoms with Gasteiger partial charge in [-0.05, 0) is 34.1 Å². The van der Waals surface area contributed by atoms with Gasteiger partial charge in [-0.1, -0.05) is 6.92 Å². The molecule has 1 aromatic heterocycles. The van der Waals surface area contributed by atoms with E-state index in [1.54, 1.807) is 0 Å². The standard InChI is InChI=1S/C13H26N6/c1-6-9-19(10(4)5)13-16-11(14)15-12(17-13)18(7-2)8-3/h10H,6-9H2,1-5H3,(H2,14,15,16,17). The molecule has 0 atom stereocenters. The average Bonchev–Trinajstić information content (AvgIpc) is 2.36. The number of nitrogens with two attached hydrogens (primary N) is 1. The second-order valence-electron chi connectivity index (χ2n) is 4.75. The summed E-state index contributed by atoms with van der Waals surface area (Å²) in [6.45, 7) is 13.2. The van der Waals surface area contributed by atoms with Crippen molar-refractivity contribution in [1.29, 1.82) is 0 Å². The van der Waals surface area contributed by atoms with Gasteiger partial charge in [-0.15, -0.1) is 0 Å². The van der Waals surface area contributed by atoms with Crippen molar-refractivity contribution in [3.63, 3.8) is 0 Å². The number of hydrogen-bond acceptors (Lipinski definition) is 6. The van der Waals surface area contributed by atoms with Crippen molar-refractivity contribution >= 4 is 17.8 Å².